The predicted molar refractivity (Wildman–Crippen MR) is 107 cm³/mol. The van der Waals surface area contributed by atoms with Gasteiger partial charge in [0.05, 0.1) is 13.7 Å². The number of hydrogen-bond acceptors (Lipinski definition) is 7. The summed E-state index contributed by atoms with van der Waals surface area (Å²) in [6.07, 6.45) is 0.990. The second-order valence-electron chi connectivity index (χ2n) is 6.51. The molecular weight excluding hydrogens is 380 g/mol. The Kier molecular flexibility index (Phi) is 10.7. The highest BCUT2D eigenvalue weighted by Crippen LogP contribution is 2.28. The normalized spacial score (nSPS) is 14.4. The van der Waals surface area contributed by atoms with E-state index in [1.165, 1.54) is 0 Å². The molecule has 162 valence electrons. The molecular formula is C20H30N2O7. The number of carbonyl (C=O) groups excluding carboxylic acids is 1. The van der Waals surface area contributed by atoms with E-state index in [1.54, 1.807) is 26.2 Å². The van der Waals surface area contributed by atoms with E-state index < -0.39 is 11.9 Å². The monoisotopic (exact) mass is 410 g/mol. The molecule has 2 N–H and O–H groups in total. The number of hydrogen-bond donors (Lipinski definition) is 2. The fourth-order valence-electron chi connectivity index (χ4n) is 2.81. The van der Waals surface area contributed by atoms with Crippen molar-refractivity contribution < 1.29 is 34.1 Å². The summed E-state index contributed by atoms with van der Waals surface area (Å²) in [6.45, 7) is 11.2. The Morgan fingerprint density at radius 3 is 2.07 bits per heavy atom. The van der Waals surface area contributed by atoms with Gasteiger partial charge in [0.1, 0.15) is 0 Å². The minimum absolute atomic E-state index is 0.0288. The zero-order chi connectivity index (χ0) is 21.8. The van der Waals surface area contributed by atoms with Crippen molar-refractivity contribution in [2.45, 2.75) is 20.3 Å². The predicted octanol–water partition coefficient (Wildman–Crippen LogP) is 1.46. The van der Waals surface area contributed by atoms with Gasteiger partial charge in [0.15, 0.2) is 17.3 Å². The van der Waals surface area contributed by atoms with Crippen molar-refractivity contribution in [3.8, 4) is 11.5 Å². The number of piperazine rings is 1. The van der Waals surface area contributed by atoms with Crippen LogP contribution in [0.4, 0.5) is 0 Å². The van der Waals surface area contributed by atoms with E-state index in [2.05, 4.69) is 16.7 Å². The first-order valence-electron chi connectivity index (χ1n) is 9.51. The summed E-state index contributed by atoms with van der Waals surface area (Å²) in [6, 6.07) is 5.33. The van der Waals surface area contributed by atoms with Gasteiger partial charge in [0.25, 0.3) is 0 Å². The summed E-state index contributed by atoms with van der Waals surface area (Å²) in [5.74, 6) is -2.30. The minimum atomic E-state index is -1.82. The van der Waals surface area contributed by atoms with E-state index in [9.17, 15) is 4.79 Å². The van der Waals surface area contributed by atoms with Crippen LogP contribution in [-0.4, -0.2) is 90.7 Å². The van der Waals surface area contributed by atoms with Gasteiger partial charge in [-0.15, -0.1) is 0 Å². The van der Waals surface area contributed by atoms with Crippen molar-refractivity contribution >= 4 is 17.7 Å². The Morgan fingerprint density at radius 1 is 1.00 bits per heavy atom. The second kappa shape index (κ2) is 12.7. The first kappa shape index (κ1) is 24.4. The molecule has 1 fully saturated rings. The highest BCUT2D eigenvalue weighted by Gasteiger charge is 2.15. The van der Waals surface area contributed by atoms with E-state index in [-0.39, 0.29) is 5.78 Å². The number of carbonyl (C=O) groups is 3. The van der Waals surface area contributed by atoms with Crippen molar-refractivity contribution in [1.82, 2.24) is 9.80 Å². The van der Waals surface area contributed by atoms with E-state index in [4.69, 9.17) is 29.3 Å². The van der Waals surface area contributed by atoms with Crippen molar-refractivity contribution in [2.75, 3.05) is 53.0 Å². The highest BCUT2D eigenvalue weighted by molar-refractivity contribution is 6.27. The van der Waals surface area contributed by atoms with Gasteiger partial charge in [-0.05, 0) is 38.1 Å². The molecule has 0 amide bonds. The quantitative estimate of drug-likeness (QED) is 0.373. The molecule has 0 bridgehead atoms. The van der Waals surface area contributed by atoms with Crippen molar-refractivity contribution in [3.63, 3.8) is 0 Å². The van der Waals surface area contributed by atoms with Gasteiger partial charge < -0.3 is 29.5 Å². The number of likely N-dealkylation sites (N-methyl/N-ethyl adjacent to an activating group) is 1. The lowest BCUT2D eigenvalue weighted by molar-refractivity contribution is -0.159. The van der Waals surface area contributed by atoms with E-state index in [0.717, 1.165) is 45.7 Å². The molecule has 0 atom stereocenters. The summed E-state index contributed by atoms with van der Waals surface area (Å²) in [5.41, 5.74) is 0.642. The topological polar surface area (TPSA) is 117 Å². The van der Waals surface area contributed by atoms with Crippen molar-refractivity contribution in [1.29, 1.82) is 0 Å². The maximum Gasteiger partial charge on any atom is 0.414 e. The Hall–Kier alpha value is -2.65. The average Bonchev–Trinajstić information content (AvgIpc) is 2.71. The van der Waals surface area contributed by atoms with Crippen LogP contribution >= 0.6 is 0 Å². The van der Waals surface area contributed by atoms with Gasteiger partial charge in [-0.3, -0.25) is 4.79 Å². The number of nitrogens with zero attached hydrogens (tertiary/aromatic N) is 2. The number of ketones is 1. The molecule has 1 aromatic rings. The summed E-state index contributed by atoms with van der Waals surface area (Å²) in [7, 11) is 1.60. The third-order valence-electron chi connectivity index (χ3n) is 4.54. The van der Waals surface area contributed by atoms with Crippen molar-refractivity contribution in [3.05, 3.63) is 23.8 Å². The minimum Gasteiger partial charge on any atom is -0.493 e. The number of carboxylic acid groups (broad SMARTS) is 2. The van der Waals surface area contributed by atoms with Crippen LogP contribution in [0.2, 0.25) is 0 Å². The molecule has 1 aliphatic heterocycles. The van der Waals surface area contributed by atoms with Gasteiger partial charge >= 0.3 is 11.9 Å². The van der Waals surface area contributed by atoms with E-state index >= 15 is 0 Å². The average molecular weight is 410 g/mol. The molecule has 0 spiro atoms. The summed E-state index contributed by atoms with van der Waals surface area (Å²) in [4.78, 5) is 34.6. The number of ether oxygens (including phenoxy) is 2. The molecule has 1 saturated heterocycles. The molecule has 9 heteroatoms. The van der Waals surface area contributed by atoms with Gasteiger partial charge in [-0.25, -0.2) is 9.59 Å². The molecule has 1 heterocycles. The molecule has 0 aliphatic carbocycles. The van der Waals surface area contributed by atoms with Gasteiger partial charge in [-0.2, -0.15) is 0 Å². The standard InChI is InChI=1S/C18H28N2O3.C2H2O4/c1-4-19-9-11-20(12-10-19)8-5-13-23-17-7-6-16(15(2)21)14-18(17)22-3;3-1(4)2(5)6/h6-7,14H,4-5,8-13H2,1-3H3;(H,3,4)(H,5,6). The molecule has 29 heavy (non-hydrogen) atoms. The molecule has 0 aromatic heterocycles. The zero-order valence-electron chi connectivity index (χ0n) is 17.2. The number of benzene rings is 1. The van der Waals surface area contributed by atoms with Crippen molar-refractivity contribution in [2.24, 2.45) is 0 Å². The lowest BCUT2D eigenvalue weighted by atomic mass is 10.1. The highest BCUT2D eigenvalue weighted by atomic mass is 16.5. The van der Waals surface area contributed by atoms with E-state index in [0.29, 0.717) is 23.7 Å². The first-order valence-corrected chi connectivity index (χ1v) is 9.51. The summed E-state index contributed by atoms with van der Waals surface area (Å²) < 4.78 is 11.1. The number of Topliss-reactive ketones (excluding diaryl/α,β-unsaturated/α-hetero) is 1. The molecule has 0 unspecified atom stereocenters. The third kappa shape index (κ3) is 8.93. The summed E-state index contributed by atoms with van der Waals surface area (Å²) in [5, 5.41) is 14.8. The Balaban J connectivity index is 0.000000612. The Bertz CT molecular complexity index is 673. The molecule has 0 saturated carbocycles. The van der Waals surface area contributed by atoms with Crippen LogP contribution in [-0.2, 0) is 9.59 Å². The lowest BCUT2D eigenvalue weighted by Gasteiger charge is -2.33. The van der Waals surface area contributed by atoms with E-state index in [1.807, 2.05) is 6.07 Å². The van der Waals surface area contributed by atoms with Crippen LogP contribution in [0.25, 0.3) is 0 Å². The van der Waals surface area contributed by atoms with Crippen LogP contribution in [0.1, 0.15) is 30.6 Å². The SMILES string of the molecule is CCN1CCN(CCCOc2ccc(C(C)=O)cc2OC)CC1.O=C(O)C(=O)O. The molecule has 0 radical (unpaired) electrons. The van der Waals surface area contributed by atoms with Gasteiger partial charge in [0.2, 0.25) is 0 Å². The van der Waals surface area contributed by atoms with Gasteiger partial charge in [0, 0.05) is 38.3 Å². The smallest absolute Gasteiger partial charge is 0.414 e. The Labute approximate surface area is 170 Å². The fourth-order valence-corrected chi connectivity index (χ4v) is 2.81. The van der Waals surface area contributed by atoms with Crippen LogP contribution in [0.3, 0.4) is 0 Å². The molecule has 9 nitrogen and oxygen atoms in total. The Morgan fingerprint density at radius 2 is 1.59 bits per heavy atom. The largest absolute Gasteiger partial charge is 0.493 e. The van der Waals surface area contributed by atoms with Crippen LogP contribution in [0.15, 0.2) is 18.2 Å². The number of rotatable bonds is 8. The van der Waals surface area contributed by atoms with Gasteiger partial charge in [-0.1, -0.05) is 6.92 Å². The van der Waals surface area contributed by atoms with Crippen LogP contribution in [0, 0.1) is 0 Å². The maximum atomic E-state index is 11.4. The first-order chi connectivity index (χ1) is 13.8. The molecule has 1 aromatic carbocycles. The third-order valence-corrected chi connectivity index (χ3v) is 4.54. The maximum absolute atomic E-state index is 11.4. The zero-order valence-corrected chi connectivity index (χ0v) is 17.2. The fraction of sp³-hybridized carbons (Fsp3) is 0.550. The lowest BCUT2D eigenvalue weighted by Crippen LogP contribution is -2.46. The number of aliphatic carboxylic acids is 2. The second-order valence-corrected chi connectivity index (χ2v) is 6.51. The molecule has 1 aliphatic rings. The summed E-state index contributed by atoms with van der Waals surface area (Å²) >= 11 is 0. The number of carboxylic acids is 2. The van der Waals surface area contributed by atoms with Crippen LogP contribution < -0.4 is 9.47 Å². The molecule has 2 rings (SSSR count). The number of methoxy groups -OCH3 is 1. The van der Waals surface area contributed by atoms with Crippen LogP contribution in [0.5, 0.6) is 11.5 Å².